The quantitative estimate of drug-likeness (QED) is 0.356. The van der Waals surface area contributed by atoms with Crippen molar-refractivity contribution in [1.29, 1.82) is 0 Å². The van der Waals surface area contributed by atoms with E-state index in [-0.39, 0.29) is 6.10 Å². The topological polar surface area (TPSA) is 61.4 Å². The molecule has 0 aromatic heterocycles. The van der Waals surface area contributed by atoms with Crippen LogP contribution >= 0.6 is 0 Å². The molecule has 0 radical (unpaired) electrons. The fourth-order valence-electron chi connectivity index (χ4n) is 4.23. The van der Waals surface area contributed by atoms with Crippen LogP contribution in [-0.2, 0) is 13.0 Å². The molecule has 1 atom stereocenters. The third kappa shape index (κ3) is 7.28. The zero-order valence-electron chi connectivity index (χ0n) is 19.9. The van der Waals surface area contributed by atoms with Gasteiger partial charge in [0.25, 0.3) is 0 Å². The lowest BCUT2D eigenvalue weighted by Crippen LogP contribution is -2.39. The molecule has 174 valence electrons. The van der Waals surface area contributed by atoms with Gasteiger partial charge in [-0.1, -0.05) is 0 Å². The molecule has 1 unspecified atom stereocenters. The Labute approximate surface area is 188 Å². The second-order valence-electron chi connectivity index (χ2n) is 8.61. The van der Waals surface area contributed by atoms with Crippen LogP contribution in [0.15, 0.2) is 17.1 Å². The van der Waals surface area contributed by atoms with Crippen LogP contribution in [0.4, 0.5) is 0 Å². The Bertz CT molecular complexity index is 724. The van der Waals surface area contributed by atoms with Crippen molar-refractivity contribution in [1.82, 2.24) is 20.4 Å². The van der Waals surface area contributed by atoms with Gasteiger partial charge in [0, 0.05) is 43.7 Å². The molecule has 1 aromatic rings. The Morgan fingerprint density at radius 1 is 1.19 bits per heavy atom. The average Bonchev–Trinajstić information content (AvgIpc) is 2.97. The van der Waals surface area contributed by atoms with Crippen molar-refractivity contribution in [3.63, 3.8) is 0 Å². The molecule has 31 heavy (non-hydrogen) atoms. The van der Waals surface area contributed by atoms with Crippen molar-refractivity contribution in [2.24, 2.45) is 4.99 Å². The molecule has 2 aliphatic rings. The van der Waals surface area contributed by atoms with E-state index < -0.39 is 0 Å². The zero-order chi connectivity index (χ0) is 22.1. The van der Waals surface area contributed by atoms with Crippen LogP contribution < -0.4 is 20.1 Å². The van der Waals surface area contributed by atoms with Crippen LogP contribution in [-0.4, -0.2) is 81.3 Å². The monoisotopic (exact) mass is 431 g/mol. The Balaban J connectivity index is 1.54. The molecule has 0 amide bonds. The van der Waals surface area contributed by atoms with E-state index in [1.165, 1.54) is 38.2 Å². The Morgan fingerprint density at radius 3 is 2.87 bits per heavy atom. The van der Waals surface area contributed by atoms with E-state index in [4.69, 9.17) is 14.5 Å². The van der Waals surface area contributed by atoms with Gasteiger partial charge in [-0.25, -0.2) is 4.99 Å². The minimum atomic E-state index is 0.229. The number of hydrogen-bond acceptors (Lipinski definition) is 5. The number of benzene rings is 1. The molecule has 1 saturated heterocycles. The van der Waals surface area contributed by atoms with Gasteiger partial charge in [0.1, 0.15) is 17.6 Å². The molecule has 1 fully saturated rings. The summed E-state index contributed by atoms with van der Waals surface area (Å²) in [6, 6.07) is 4.24. The molecule has 2 N–H and O–H groups in total. The molecule has 0 saturated carbocycles. The Hall–Kier alpha value is -1.99. The minimum absolute atomic E-state index is 0.229. The summed E-state index contributed by atoms with van der Waals surface area (Å²) in [6.07, 6.45) is 3.55. The van der Waals surface area contributed by atoms with Crippen molar-refractivity contribution in [3.8, 4) is 11.5 Å². The SMILES string of the molecule is CCNC(=NCc1cc2c(cc1OCC)CC(C)O2)NCCCN1CCCN(C)CC1. The molecule has 2 aliphatic heterocycles. The lowest BCUT2D eigenvalue weighted by atomic mass is 10.1. The maximum atomic E-state index is 5.94. The first-order chi connectivity index (χ1) is 15.1. The van der Waals surface area contributed by atoms with Crippen molar-refractivity contribution in [2.75, 3.05) is 59.5 Å². The molecular formula is C24H41N5O2. The summed E-state index contributed by atoms with van der Waals surface area (Å²) in [5, 5.41) is 6.86. The Morgan fingerprint density at radius 2 is 2.06 bits per heavy atom. The first kappa shape index (κ1) is 23.7. The highest BCUT2D eigenvalue weighted by Gasteiger charge is 2.21. The second-order valence-corrected chi connectivity index (χ2v) is 8.61. The summed E-state index contributed by atoms with van der Waals surface area (Å²) in [7, 11) is 2.22. The number of aliphatic imine (C=N–C) groups is 1. The van der Waals surface area contributed by atoms with Crippen LogP contribution in [0.2, 0.25) is 0 Å². The summed E-state index contributed by atoms with van der Waals surface area (Å²) in [5.41, 5.74) is 2.30. The van der Waals surface area contributed by atoms with E-state index >= 15 is 0 Å². The largest absolute Gasteiger partial charge is 0.494 e. The smallest absolute Gasteiger partial charge is 0.191 e. The summed E-state index contributed by atoms with van der Waals surface area (Å²) in [4.78, 5) is 9.82. The van der Waals surface area contributed by atoms with E-state index in [0.717, 1.165) is 55.5 Å². The zero-order valence-corrected chi connectivity index (χ0v) is 19.9. The van der Waals surface area contributed by atoms with Gasteiger partial charge < -0.3 is 29.9 Å². The van der Waals surface area contributed by atoms with Crippen LogP contribution in [0.5, 0.6) is 11.5 Å². The second kappa shape index (κ2) is 12.2. The van der Waals surface area contributed by atoms with E-state index in [1.807, 2.05) is 6.92 Å². The molecular weight excluding hydrogens is 390 g/mol. The number of ether oxygens (including phenoxy) is 2. The third-order valence-corrected chi connectivity index (χ3v) is 5.89. The fourth-order valence-corrected chi connectivity index (χ4v) is 4.23. The summed E-state index contributed by atoms with van der Waals surface area (Å²) >= 11 is 0. The molecule has 7 nitrogen and oxygen atoms in total. The highest BCUT2D eigenvalue weighted by atomic mass is 16.5. The van der Waals surface area contributed by atoms with Crippen molar-refractivity contribution in [3.05, 3.63) is 23.3 Å². The van der Waals surface area contributed by atoms with Gasteiger partial charge in [0.05, 0.1) is 13.2 Å². The lowest BCUT2D eigenvalue weighted by molar-refractivity contribution is 0.254. The van der Waals surface area contributed by atoms with Gasteiger partial charge in [-0.05, 0) is 72.4 Å². The predicted octanol–water partition coefficient (Wildman–Crippen LogP) is 2.49. The number of likely N-dealkylation sites (N-methyl/N-ethyl adjacent to an activating group) is 1. The molecule has 0 spiro atoms. The van der Waals surface area contributed by atoms with E-state index in [2.05, 4.69) is 53.5 Å². The fraction of sp³-hybridized carbons (Fsp3) is 0.708. The van der Waals surface area contributed by atoms with Crippen LogP contribution in [0.1, 0.15) is 44.7 Å². The summed E-state index contributed by atoms with van der Waals surface area (Å²) in [6.45, 7) is 15.1. The molecule has 3 rings (SSSR count). The maximum absolute atomic E-state index is 5.94. The lowest BCUT2D eigenvalue weighted by Gasteiger charge is -2.20. The van der Waals surface area contributed by atoms with Crippen molar-refractivity contribution < 1.29 is 9.47 Å². The summed E-state index contributed by atoms with van der Waals surface area (Å²) in [5.74, 6) is 2.75. The number of nitrogens with zero attached hydrogens (tertiary/aromatic N) is 3. The van der Waals surface area contributed by atoms with Crippen LogP contribution in [0.25, 0.3) is 0 Å². The van der Waals surface area contributed by atoms with Gasteiger partial charge >= 0.3 is 0 Å². The predicted molar refractivity (Wildman–Crippen MR) is 127 cm³/mol. The molecule has 0 bridgehead atoms. The molecule has 7 heteroatoms. The maximum Gasteiger partial charge on any atom is 0.191 e. The third-order valence-electron chi connectivity index (χ3n) is 5.89. The van der Waals surface area contributed by atoms with Gasteiger partial charge in [0.2, 0.25) is 0 Å². The van der Waals surface area contributed by atoms with Crippen molar-refractivity contribution >= 4 is 5.96 Å². The normalized spacial score (nSPS) is 20.1. The van der Waals surface area contributed by atoms with Gasteiger partial charge in [0.15, 0.2) is 5.96 Å². The van der Waals surface area contributed by atoms with Crippen molar-refractivity contribution in [2.45, 2.75) is 52.7 Å². The standard InChI is InChI=1S/C24H41N5O2/c1-5-25-24(26-9-7-11-29-12-8-10-28(4)13-14-29)27-18-21-17-23-20(15-19(3)31-23)16-22(21)30-6-2/h16-17,19H,5-15,18H2,1-4H3,(H2,25,26,27). The number of rotatable bonds is 9. The molecule has 0 aliphatic carbocycles. The average molecular weight is 432 g/mol. The highest BCUT2D eigenvalue weighted by Crippen LogP contribution is 2.35. The number of fused-ring (bicyclic) bond motifs is 1. The molecule has 2 heterocycles. The van der Waals surface area contributed by atoms with E-state index in [1.54, 1.807) is 0 Å². The first-order valence-corrected chi connectivity index (χ1v) is 12.0. The van der Waals surface area contributed by atoms with Crippen LogP contribution in [0, 0.1) is 0 Å². The molecule has 1 aromatic carbocycles. The summed E-state index contributed by atoms with van der Waals surface area (Å²) < 4.78 is 11.8. The van der Waals surface area contributed by atoms with E-state index in [9.17, 15) is 0 Å². The highest BCUT2D eigenvalue weighted by molar-refractivity contribution is 5.79. The van der Waals surface area contributed by atoms with Gasteiger partial charge in [-0.15, -0.1) is 0 Å². The van der Waals surface area contributed by atoms with E-state index in [0.29, 0.717) is 13.2 Å². The number of nitrogens with one attached hydrogen (secondary N) is 2. The van der Waals surface area contributed by atoms with Gasteiger partial charge in [-0.3, -0.25) is 0 Å². The van der Waals surface area contributed by atoms with Gasteiger partial charge in [-0.2, -0.15) is 0 Å². The first-order valence-electron chi connectivity index (χ1n) is 12.0. The minimum Gasteiger partial charge on any atom is -0.494 e. The number of guanidine groups is 1. The number of hydrogen-bond donors (Lipinski definition) is 2. The van der Waals surface area contributed by atoms with Crippen LogP contribution in [0.3, 0.4) is 0 Å². The Kier molecular flexibility index (Phi) is 9.28.